The molecular formula is C11H13FN2O. The van der Waals surface area contributed by atoms with Gasteiger partial charge in [0.2, 0.25) is 5.91 Å². The summed E-state index contributed by atoms with van der Waals surface area (Å²) in [4.78, 5) is 13.1. The Balaban J connectivity index is 2.25. The first-order chi connectivity index (χ1) is 7.09. The highest BCUT2D eigenvalue weighted by Gasteiger charge is 2.35. The average Bonchev–Trinajstić information content (AvgIpc) is 2.47. The van der Waals surface area contributed by atoms with E-state index in [0.717, 1.165) is 5.56 Å². The first-order valence-electron chi connectivity index (χ1n) is 4.87. The number of hydrogen-bond donors (Lipinski definition) is 1. The number of likely N-dealkylation sites (tertiary alicyclic amines) is 1. The fourth-order valence-electron chi connectivity index (χ4n) is 1.96. The van der Waals surface area contributed by atoms with E-state index in [1.165, 1.54) is 12.1 Å². The molecule has 2 rings (SSSR count). The third kappa shape index (κ3) is 1.72. The number of carbonyl (C=O) groups excluding carboxylic acids is 1. The Hall–Kier alpha value is -1.42. The monoisotopic (exact) mass is 208 g/mol. The predicted molar refractivity (Wildman–Crippen MR) is 54.5 cm³/mol. The Morgan fingerprint density at radius 3 is 2.47 bits per heavy atom. The van der Waals surface area contributed by atoms with Crippen LogP contribution in [-0.4, -0.2) is 23.9 Å². The standard InChI is InChI=1S/C11H13FN2O/c1-14-10(6-9(13)11(14)15)7-2-4-8(12)5-3-7/h2-5,9-10H,6,13H2,1H3/t9-,10+/m0/s1. The average molecular weight is 208 g/mol. The van der Waals surface area contributed by atoms with Crippen LogP contribution in [0.4, 0.5) is 4.39 Å². The van der Waals surface area contributed by atoms with E-state index in [1.807, 2.05) is 0 Å². The van der Waals surface area contributed by atoms with Gasteiger partial charge in [-0.3, -0.25) is 4.79 Å². The Labute approximate surface area is 87.7 Å². The Morgan fingerprint density at radius 2 is 2.00 bits per heavy atom. The molecule has 2 atom stereocenters. The summed E-state index contributed by atoms with van der Waals surface area (Å²) in [6, 6.07) is 5.75. The van der Waals surface area contributed by atoms with Gasteiger partial charge in [-0.05, 0) is 24.1 Å². The van der Waals surface area contributed by atoms with E-state index in [-0.39, 0.29) is 17.8 Å². The van der Waals surface area contributed by atoms with Gasteiger partial charge >= 0.3 is 0 Å². The lowest BCUT2D eigenvalue weighted by molar-refractivity contribution is -0.128. The van der Waals surface area contributed by atoms with Crippen LogP contribution in [0.25, 0.3) is 0 Å². The summed E-state index contributed by atoms with van der Waals surface area (Å²) in [5.74, 6) is -0.320. The lowest BCUT2D eigenvalue weighted by Crippen LogP contribution is -2.31. The topological polar surface area (TPSA) is 46.3 Å². The third-order valence-electron chi connectivity index (χ3n) is 2.86. The molecule has 1 heterocycles. The molecular weight excluding hydrogens is 195 g/mol. The molecule has 0 spiro atoms. The van der Waals surface area contributed by atoms with Gasteiger partial charge < -0.3 is 10.6 Å². The van der Waals surface area contributed by atoms with Crippen LogP contribution in [0.15, 0.2) is 24.3 Å². The minimum atomic E-state index is -0.426. The van der Waals surface area contributed by atoms with E-state index in [1.54, 1.807) is 24.1 Å². The van der Waals surface area contributed by atoms with Crippen molar-refractivity contribution in [3.05, 3.63) is 35.6 Å². The summed E-state index contributed by atoms with van der Waals surface area (Å²) in [6.45, 7) is 0. The fraction of sp³-hybridized carbons (Fsp3) is 0.364. The minimum absolute atomic E-state index is 0.0203. The molecule has 0 bridgehead atoms. The fourth-order valence-corrected chi connectivity index (χ4v) is 1.96. The molecule has 0 saturated carbocycles. The SMILES string of the molecule is CN1C(=O)[C@@H](N)C[C@@H]1c1ccc(F)cc1. The molecule has 1 saturated heterocycles. The largest absolute Gasteiger partial charge is 0.337 e. The maximum absolute atomic E-state index is 12.7. The summed E-state index contributed by atoms with van der Waals surface area (Å²) in [5.41, 5.74) is 6.59. The predicted octanol–water partition coefficient (Wildman–Crippen LogP) is 1.06. The molecule has 15 heavy (non-hydrogen) atoms. The van der Waals surface area contributed by atoms with Crippen molar-refractivity contribution in [3.63, 3.8) is 0 Å². The number of halogens is 1. The highest BCUT2D eigenvalue weighted by Crippen LogP contribution is 2.30. The second-order valence-electron chi connectivity index (χ2n) is 3.86. The molecule has 3 nitrogen and oxygen atoms in total. The summed E-state index contributed by atoms with van der Waals surface area (Å²) in [7, 11) is 1.73. The van der Waals surface area contributed by atoms with Crippen molar-refractivity contribution < 1.29 is 9.18 Å². The van der Waals surface area contributed by atoms with Crippen molar-refractivity contribution in [3.8, 4) is 0 Å². The van der Waals surface area contributed by atoms with Crippen LogP contribution >= 0.6 is 0 Å². The lowest BCUT2D eigenvalue weighted by Gasteiger charge is -2.19. The zero-order chi connectivity index (χ0) is 11.0. The molecule has 80 valence electrons. The molecule has 2 N–H and O–H groups in total. The van der Waals surface area contributed by atoms with Gasteiger partial charge in [-0.25, -0.2) is 4.39 Å². The lowest BCUT2D eigenvalue weighted by atomic mass is 10.0. The van der Waals surface area contributed by atoms with Gasteiger partial charge in [0, 0.05) is 7.05 Å². The minimum Gasteiger partial charge on any atom is -0.337 e. The van der Waals surface area contributed by atoms with E-state index in [9.17, 15) is 9.18 Å². The van der Waals surface area contributed by atoms with Crippen molar-refractivity contribution in [2.24, 2.45) is 5.73 Å². The van der Waals surface area contributed by atoms with Gasteiger partial charge in [-0.2, -0.15) is 0 Å². The first-order valence-corrected chi connectivity index (χ1v) is 4.87. The summed E-state index contributed by atoms with van der Waals surface area (Å²) in [6.07, 6.45) is 0.598. The number of likely N-dealkylation sites (N-methyl/N-ethyl adjacent to an activating group) is 1. The van der Waals surface area contributed by atoms with Gasteiger partial charge in [0.15, 0.2) is 0 Å². The van der Waals surface area contributed by atoms with Gasteiger partial charge in [-0.1, -0.05) is 12.1 Å². The molecule has 0 unspecified atom stereocenters. The Bertz CT molecular complexity index is 377. The zero-order valence-corrected chi connectivity index (χ0v) is 8.48. The van der Waals surface area contributed by atoms with Crippen LogP contribution in [0, 0.1) is 5.82 Å². The van der Waals surface area contributed by atoms with E-state index < -0.39 is 6.04 Å². The normalized spacial score (nSPS) is 26.1. The van der Waals surface area contributed by atoms with Crippen LogP contribution in [0.3, 0.4) is 0 Å². The molecule has 4 heteroatoms. The summed E-state index contributed by atoms with van der Waals surface area (Å²) < 4.78 is 12.7. The van der Waals surface area contributed by atoms with Crippen molar-refractivity contribution in [2.75, 3.05) is 7.05 Å². The quantitative estimate of drug-likeness (QED) is 0.750. The second-order valence-corrected chi connectivity index (χ2v) is 3.86. The number of benzene rings is 1. The van der Waals surface area contributed by atoms with Crippen molar-refractivity contribution >= 4 is 5.91 Å². The number of amides is 1. The van der Waals surface area contributed by atoms with Crippen molar-refractivity contribution in [2.45, 2.75) is 18.5 Å². The highest BCUT2D eigenvalue weighted by atomic mass is 19.1. The number of nitrogens with two attached hydrogens (primary N) is 1. The van der Waals surface area contributed by atoms with Crippen LogP contribution in [-0.2, 0) is 4.79 Å². The van der Waals surface area contributed by atoms with Crippen LogP contribution in [0.1, 0.15) is 18.0 Å². The van der Waals surface area contributed by atoms with Gasteiger partial charge in [0.05, 0.1) is 12.1 Å². The maximum atomic E-state index is 12.7. The molecule has 1 aliphatic rings. The van der Waals surface area contributed by atoms with Gasteiger partial charge in [0.25, 0.3) is 0 Å². The van der Waals surface area contributed by atoms with E-state index in [2.05, 4.69) is 0 Å². The summed E-state index contributed by atoms with van der Waals surface area (Å²) >= 11 is 0. The number of rotatable bonds is 1. The van der Waals surface area contributed by atoms with E-state index in [4.69, 9.17) is 5.73 Å². The molecule has 1 fully saturated rings. The van der Waals surface area contributed by atoms with Gasteiger partial charge in [0.1, 0.15) is 5.82 Å². The number of nitrogens with zero attached hydrogens (tertiary/aromatic N) is 1. The number of carbonyl (C=O) groups is 1. The molecule has 1 aromatic rings. The first kappa shape index (κ1) is 10.1. The smallest absolute Gasteiger partial charge is 0.239 e. The second kappa shape index (κ2) is 3.62. The van der Waals surface area contributed by atoms with Crippen molar-refractivity contribution in [1.82, 2.24) is 4.90 Å². The van der Waals surface area contributed by atoms with Crippen LogP contribution in [0.2, 0.25) is 0 Å². The molecule has 1 aliphatic heterocycles. The Kier molecular flexibility index (Phi) is 2.44. The highest BCUT2D eigenvalue weighted by molar-refractivity contribution is 5.84. The van der Waals surface area contributed by atoms with Crippen LogP contribution in [0.5, 0.6) is 0 Å². The van der Waals surface area contributed by atoms with E-state index in [0.29, 0.717) is 6.42 Å². The Morgan fingerprint density at radius 1 is 1.40 bits per heavy atom. The van der Waals surface area contributed by atoms with Crippen LogP contribution < -0.4 is 5.73 Å². The third-order valence-corrected chi connectivity index (χ3v) is 2.86. The van der Waals surface area contributed by atoms with Crippen molar-refractivity contribution in [1.29, 1.82) is 0 Å². The maximum Gasteiger partial charge on any atom is 0.239 e. The molecule has 1 amide bonds. The molecule has 0 aromatic heterocycles. The molecule has 0 radical (unpaired) electrons. The zero-order valence-electron chi connectivity index (χ0n) is 8.48. The molecule has 0 aliphatic carbocycles. The van der Waals surface area contributed by atoms with Gasteiger partial charge in [-0.15, -0.1) is 0 Å². The summed E-state index contributed by atoms with van der Waals surface area (Å²) in [5, 5.41) is 0. The van der Waals surface area contributed by atoms with E-state index >= 15 is 0 Å². The number of hydrogen-bond acceptors (Lipinski definition) is 2. The molecule has 1 aromatic carbocycles.